The van der Waals surface area contributed by atoms with Gasteiger partial charge in [0.25, 0.3) is 0 Å². The van der Waals surface area contributed by atoms with Crippen molar-refractivity contribution in [1.82, 2.24) is 5.32 Å². The highest BCUT2D eigenvalue weighted by Gasteiger charge is 2.59. The van der Waals surface area contributed by atoms with Gasteiger partial charge in [0, 0.05) is 18.6 Å². The lowest BCUT2D eigenvalue weighted by Crippen LogP contribution is -2.51. The zero-order valence-electron chi connectivity index (χ0n) is 32.3. The summed E-state index contributed by atoms with van der Waals surface area (Å²) < 4.78 is 12.5. The molecule has 0 aliphatic heterocycles. The molecule has 0 aromatic carbocycles. The molecule has 1 amide bonds. The Morgan fingerprint density at radius 3 is 2.43 bits per heavy atom. The highest BCUT2D eigenvalue weighted by atomic mass is 16.5. The molecule has 3 saturated carbocycles. The Morgan fingerprint density at radius 2 is 1.74 bits per heavy atom. The fraction of sp³-hybridized carbons (Fsp3) is 0.905. The summed E-state index contributed by atoms with van der Waals surface area (Å²) in [6.07, 6.45) is 19.9. The van der Waals surface area contributed by atoms with Crippen LogP contribution >= 0.6 is 0 Å². The van der Waals surface area contributed by atoms with Gasteiger partial charge in [-0.05, 0) is 145 Å². The number of carbonyl (C=O) groups is 2. The van der Waals surface area contributed by atoms with Gasteiger partial charge >= 0.3 is 0 Å². The summed E-state index contributed by atoms with van der Waals surface area (Å²) >= 11 is 0. The van der Waals surface area contributed by atoms with Crippen LogP contribution in [0, 0.1) is 46.3 Å². The van der Waals surface area contributed by atoms with Gasteiger partial charge < -0.3 is 19.6 Å². The van der Waals surface area contributed by atoms with E-state index in [9.17, 15) is 9.59 Å². The van der Waals surface area contributed by atoms with E-state index >= 15 is 0 Å². The van der Waals surface area contributed by atoms with Crippen molar-refractivity contribution in [3.8, 4) is 0 Å². The number of ketones is 1. The van der Waals surface area contributed by atoms with Crippen molar-refractivity contribution >= 4 is 11.7 Å². The standard InChI is InChI=1S/C42H73NO4/c1-11-40(8,22-19-31(5)44)47-26-25-39(6,7)43-38(45)28-46-33-20-23-41(9)32(27-33)15-16-34-36-18-17-35(30(4)14-12-13-29(2)3)42(36,10)24-21-37(34)41/h15,29-30,33-37H,11-14,16-28H2,1-10H3,(H,43,45)/t30-,33?,34+,35-,36+,37+,40?,41+,42-/m1/s1. The zero-order valence-corrected chi connectivity index (χ0v) is 32.3. The molecule has 4 aliphatic carbocycles. The second kappa shape index (κ2) is 15.8. The first-order valence-electron chi connectivity index (χ1n) is 19.8. The number of fused-ring (bicyclic) bond motifs is 5. The Bertz CT molecular complexity index is 1100. The highest BCUT2D eigenvalue weighted by molar-refractivity contribution is 5.78. The Morgan fingerprint density at radius 1 is 1.00 bits per heavy atom. The maximum Gasteiger partial charge on any atom is 0.246 e. The minimum Gasteiger partial charge on any atom is -0.375 e. The van der Waals surface area contributed by atoms with Crippen molar-refractivity contribution < 1.29 is 19.1 Å². The van der Waals surface area contributed by atoms with Crippen LogP contribution in [0.5, 0.6) is 0 Å². The number of carbonyl (C=O) groups excluding carboxylic acids is 2. The molecule has 4 aliphatic rings. The van der Waals surface area contributed by atoms with Gasteiger partial charge in [0.05, 0.1) is 11.7 Å². The van der Waals surface area contributed by atoms with E-state index in [1.165, 1.54) is 57.8 Å². The first kappa shape index (κ1) is 38.6. The van der Waals surface area contributed by atoms with Crippen molar-refractivity contribution in [2.45, 2.75) is 183 Å². The quantitative estimate of drug-likeness (QED) is 0.158. The minimum atomic E-state index is -0.387. The molecule has 0 spiro atoms. The van der Waals surface area contributed by atoms with E-state index in [2.05, 4.69) is 73.7 Å². The van der Waals surface area contributed by atoms with Gasteiger partial charge in [-0.1, -0.05) is 72.5 Å². The van der Waals surface area contributed by atoms with E-state index in [1.807, 2.05) is 0 Å². The van der Waals surface area contributed by atoms with Crippen molar-refractivity contribution in [2.75, 3.05) is 13.2 Å². The lowest BCUT2D eigenvalue weighted by molar-refractivity contribution is -0.131. The number of hydrogen-bond donors (Lipinski definition) is 1. The summed E-state index contributed by atoms with van der Waals surface area (Å²) in [5.74, 6) is 5.27. The van der Waals surface area contributed by atoms with E-state index in [1.54, 1.807) is 12.5 Å². The van der Waals surface area contributed by atoms with Crippen molar-refractivity contribution in [2.24, 2.45) is 46.3 Å². The molecule has 4 rings (SSSR count). The molecule has 1 N–H and O–H groups in total. The number of amides is 1. The molecule has 0 aromatic heterocycles. The highest BCUT2D eigenvalue weighted by Crippen LogP contribution is 2.67. The van der Waals surface area contributed by atoms with Gasteiger partial charge in [-0.15, -0.1) is 0 Å². The number of ether oxygens (including phenoxy) is 2. The summed E-state index contributed by atoms with van der Waals surface area (Å²) in [6, 6.07) is 0. The molecule has 270 valence electrons. The second-order valence-electron chi connectivity index (χ2n) is 18.5. The molecule has 2 unspecified atom stereocenters. The molecule has 47 heavy (non-hydrogen) atoms. The number of hydrogen-bond acceptors (Lipinski definition) is 4. The monoisotopic (exact) mass is 656 g/mol. The molecule has 0 bridgehead atoms. The molecule has 3 fully saturated rings. The second-order valence-corrected chi connectivity index (χ2v) is 18.5. The SMILES string of the molecule is CCC(C)(CCC(C)=O)OCCC(C)(C)NC(=O)COC1CC[C@@]2(C)C(=CC[C@H]3[C@@H]4CC[C@H]([C@H](C)CCCC(C)C)[C@@]4(C)CC[C@@H]32)C1. The maximum atomic E-state index is 13.0. The first-order chi connectivity index (χ1) is 22.0. The minimum absolute atomic E-state index is 0.0448. The van der Waals surface area contributed by atoms with Gasteiger partial charge in [-0.2, -0.15) is 0 Å². The van der Waals surface area contributed by atoms with Crippen LogP contribution in [-0.2, 0) is 19.1 Å². The van der Waals surface area contributed by atoms with Crippen LogP contribution in [-0.4, -0.2) is 42.1 Å². The molecule has 0 radical (unpaired) electrons. The average molecular weight is 656 g/mol. The largest absolute Gasteiger partial charge is 0.375 e. The molecule has 9 atom stereocenters. The first-order valence-corrected chi connectivity index (χ1v) is 19.8. The molecule has 0 aromatic rings. The number of rotatable bonds is 17. The summed E-state index contributed by atoms with van der Waals surface area (Å²) in [5, 5.41) is 3.19. The van der Waals surface area contributed by atoms with Crippen molar-refractivity contribution in [1.29, 1.82) is 0 Å². The van der Waals surface area contributed by atoms with Crippen molar-refractivity contribution in [3.63, 3.8) is 0 Å². The van der Waals surface area contributed by atoms with Crippen LogP contribution in [0.3, 0.4) is 0 Å². The normalized spacial score (nSPS) is 34.1. The predicted molar refractivity (Wildman–Crippen MR) is 194 cm³/mol. The lowest BCUT2D eigenvalue weighted by atomic mass is 9.47. The Hall–Kier alpha value is -1.20. The summed E-state index contributed by atoms with van der Waals surface area (Å²) in [4.78, 5) is 24.5. The third-order valence-electron chi connectivity index (χ3n) is 14.1. The van der Waals surface area contributed by atoms with Crippen molar-refractivity contribution in [3.05, 3.63) is 11.6 Å². The Kier molecular flexibility index (Phi) is 13.0. The lowest BCUT2D eigenvalue weighted by Gasteiger charge is -2.58. The van der Waals surface area contributed by atoms with E-state index in [-0.39, 0.29) is 35.5 Å². The number of nitrogens with one attached hydrogen (secondary N) is 1. The molecule has 0 heterocycles. The Labute approximate surface area is 289 Å². The fourth-order valence-corrected chi connectivity index (χ4v) is 10.8. The van der Waals surface area contributed by atoms with Gasteiger partial charge in [0.1, 0.15) is 12.4 Å². The van der Waals surface area contributed by atoms with E-state index < -0.39 is 0 Å². The fourth-order valence-electron chi connectivity index (χ4n) is 10.8. The molecular formula is C42H73NO4. The molecule has 5 heteroatoms. The summed E-state index contributed by atoms with van der Waals surface area (Å²) in [6.45, 7) is 23.2. The molecule has 5 nitrogen and oxygen atoms in total. The van der Waals surface area contributed by atoms with Gasteiger partial charge in [0.2, 0.25) is 5.91 Å². The summed E-state index contributed by atoms with van der Waals surface area (Å²) in [5.41, 5.74) is 1.76. The average Bonchev–Trinajstić information content (AvgIpc) is 3.35. The third-order valence-corrected chi connectivity index (χ3v) is 14.1. The van der Waals surface area contributed by atoms with Crippen LogP contribution in [0.25, 0.3) is 0 Å². The number of allylic oxidation sites excluding steroid dienone is 1. The van der Waals surface area contributed by atoms with Crippen LogP contribution in [0.15, 0.2) is 11.6 Å². The maximum absolute atomic E-state index is 13.0. The predicted octanol–water partition coefficient (Wildman–Crippen LogP) is 10.3. The van der Waals surface area contributed by atoms with Gasteiger partial charge in [0.15, 0.2) is 0 Å². The Balaban J connectivity index is 1.26. The van der Waals surface area contributed by atoms with Crippen LogP contribution in [0.4, 0.5) is 0 Å². The van der Waals surface area contributed by atoms with E-state index in [4.69, 9.17) is 9.47 Å². The third kappa shape index (κ3) is 9.33. The van der Waals surface area contributed by atoms with Crippen LogP contribution in [0.2, 0.25) is 0 Å². The molecular weight excluding hydrogens is 582 g/mol. The zero-order chi connectivity index (χ0) is 34.6. The van der Waals surface area contributed by atoms with Crippen LogP contribution in [0.1, 0.15) is 166 Å². The summed E-state index contributed by atoms with van der Waals surface area (Å²) in [7, 11) is 0. The topological polar surface area (TPSA) is 64.6 Å². The van der Waals surface area contributed by atoms with E-state index in [0.717, 1.165) is 61.2 Å². The smallest absolute Gasteiger partial charge is 0.246 e. The van der Waals surface area contributed by atoms with E-state index in [0.29, 0.717) is 30.3 Å². The number of Topliss-reactive ketones (excluding diaryl/α,β-unsaturated/α-hetero) is 1. The van der Waals surface area contributed by atoms with Gasteiger partial charge in [-0.25, -0.2) is 0 Å². The molecule has 0 saturated heterocycles. The van der Waals surface area contributed by atoms with Crippen LogP contribution < -0.4 is 5.32 Å². The van der Waals surface area contributed by atoms with Gasteiger partial charge in [-0.3, -0.25) is 4.79 Å².